The fraction of sp³-hybridized carbons (Fsp3) is 0.462. The summed E-state index contributed by atoms with van der Waals surface area (Å²) >= 11 is 0. The summed E-state index contributed by atoms with van der Waals surface area (Å²) in [6, 6.07) is 2.54. The number of carbonyl (C=O) groups excluding carboxylic acids is 1. The van der Waals surface area contributed by atoms with E-state index in [9.17, 15) is 23.4 Å². The first kappa shape index (κ1) is 16.5. The molecule has 1 fully saturated rings. The second-order valence-corrected chi connectivity index (χ2v) is 6.71. The van der Waals surface area contributed by atoms with Crippen LogP contribution >= 0.6 is 0 Å². The maximum absolute atomic E-state index is 12.6. The Hall–Kier alpha value is -1.84. The normalized spacial score (nSPS) is 22.5. The largest absolute Gasteiger partial charge is 0.548 e. The molecule has 122 valence electrons. The van der Waals surface area contributed by atoms with Crippen molar-refractivity contribution >= 4 is 16.0 Å². The van der Waals surface area contributed by atoms with E-state index in [0.717, 1.165) is 4.31 Å². The van der Waals surface area contributed by atoms with Crippen molar-refractivity contribution in [3.63, 3.8) is 0 Å². The van der Waals surface area contributed by atoms with Crippen molar-refractivity contribution in [1.29, 1.82) is 0 Å². The van der Waals surface area contributed by atoms with E-state index in [1.165, 1.54) is 32.4 Å². The van der Waals surface area contributed by atoms with Crippen LogP contribution in [-0.2, 0) is 14.8 Å². The third-order valence-corrected chi connectivity index (χ3v) is 5.34. The zero-order chi connectivity index (χ0) is 16.5. The number of rotatable bonds is 5. The summed E-state index contributed by atoms with van der Waals surface area (Å²) < 4.78 is 36.0. The number of nitrogens with zero attached hydrogens (tertiary/aromatic N) is 1. The first-order valence-electron chi connectivity index (χ1n) is 6.44. The highest BCUT2D eigenvalue weighted by Gasteiger charge is 2.40. The van der Waals surface area contributed by atoms with Crippen LogP contribution in [0, 0.1) is 0 Å². The summed E-state index contributed by atoms with van der Waals surface area (Å²) in [6.45, 7) is -0.296. The average molecular weight is 330 g/mol. The number of ether oxygens (including phenoxy) is 2. The van der Waals surface area contributed by atoms with Crippen LogP contribution in [0.2, 0.25) is 0 Å². The van der Waals surface area contributed by atoms with E-state index in [-0.39, 0.29) is 23.6 Å². The van der Waals surface area contributed by atoms with Crippen molar-refractivity contribution in [1.82, 2.24) is 4.31 Å². The molecule has 0 aliphatic carbocycles. The highest BCUT2D eigenvalue weighted by atomic mass is 32.2. The molecule has 0 saturated carbocycles. The molecule has 2 atom stereocenters. The molecule has 2 rings (SSSR count). The van der Waals surface area contributed by atoms with E-state index in [1.807, 2.05) is 0 Å². The molecule has 9 heteroatoms. The molecule has 0 radical (unpaired) electrons. The standard InChI is InChI=1S/C13H17NO7S/c1-20-11-4-3-9(6-12(11)21-2)22(18,19)14-7-8(15)5-10(14)13(16)17/h3-4,6,8,10,15H,5,7H2,1-2H3,(H,16,17)/p-1/t8-,10+/m0/s1. The number of carbonyl (C=O) groups is 1. The van der Waals surface area contributed by atoms with Crippen molar-refractivity contribution in [2.75, 3.05) is 20.8 Å². The number of aliphatic hydroxyl groups excluding tert-OH is 1. The molecule has 0 bridgehead atoms. The molecule has 1 heterocycles. The van der Waals surface area contributed by atoms with Gasteiger partial charge >= 0.3 is 0 Å². The summed E-state index contributed by atoms with van der Waals surface area (Å²) in [6.07, 6.45) is -1.24. The highest BCUT2D eigenvalue weighted by molar-refractivity contribution is 7.89. The van der Waals surface area contributed by atoms with Gasteiger partial charge in [0.2, 0.25) is 10.0 Å². The summed E-state index contributed by atoms with van der Waals surface area (Å²) in [4.78, 5) is 10.9. The Kier molecular flexibility index (Phi) is 4.59. The third-order valence-electron chi connectivity index (χ3n) is 3.47. The van der Waals surface area contributed by atoms with E-state index >= 15 is 0 Å². The second-order valence-electron chi connectivity index (χ2n) is 4.82. The number of carboxylic acid groups (broad SMARTS) is 1. The van der Waals surface area contributed by atoms with Gasteiger partial charge < -0.3 is 24.5 Å². The van der Waals surface area contributed by atoms with Gasteiger partial charge in [0.05, 0.1) is 37.2 Å². The first-order valence-corrected chi connectivity index (χ1v) is 7.88. The Morgan fingerprint density at radius 2 is 1.95 bits per heavy atom. The number of aliphatic carboxylic acids is 1. The predicted octanol–water partition coefficient (Wildman–Crippen LogP) is -1.42. The molecule has 1 aliphatic rings. The number of carboxylic acids is 1. The minimum atomic E-state index is -4.11. The lowest BCUT2D eigenvalue weighted by Crippen LogP contribution is -2.46. The molecular weight excluding hydrogens is 314 g/mol. The summed E-state index contributed by atoms with van der Waals surface area (Å²) in [5.41, 5.74) is 0. The van der Waals surface area contributed by atoms with Crippen LogP contribution in [0.5, 0.6) is 11.5 Å². The van der Waals surface area contributed by atoms with Gasteiger partial charge in [-0.1, -0.05) is 0 Å². The Balaban J connectivity index is 2.44. The fourth-order valence-electron chi connectivity index (χ4n) is 2.38. The number of β-amino-alcohol motifs (C(OH)–C–C–N with tert-alkyl or cyclic N) is 1. The van der Waals surface area contributed by atoms with Crippen LogP contribution in [-0.4, -0.2) is 56.7 Å². The van der Waals surface area contributed by atoms with Gasteiger partial charge in [0.25, 0.3) is 0 Å². The van der Waals surface area contributed by atoms with Crippen molar-refractivity contribution in [3.05, 3.63) is 18.2 Å². The maximum atomic E-state index is 12.6. The van der Waals surface area contributed by atoms with Crippen LogP contribution in [0.15, 0.2) is 23.1 Å². The molecule has 1 aliphatic heterocycles. The number of methoxy groups -OCH3 is 2. The van der Waals surface area contributed by atoms with Crippen LogP contribution in [0.25, 0.3) is 0 Å². The Morgan fingerprint density at radius 3 is 2.50 bits per heavy atom. The highest BCUT2D eigenvalue weighted by Crippen LogP contribution is 2.32. The Bertz CT molecular complexity index is 673. The number of aliphatic hydroxyl groups is 1. The second kappa shape index (κ2) is 6.11. The first-order chi connectivity index (χ1) is 10.3. The lowest BCUT2D eigenvalue weighted by Gasteiger charge is -2.24. The zero-order valence-electron chi connectivity index (χ0n) is 12.1. The van der Waals surface area contributed by atoms with E-state index in [4.69, 9.17) is 9.47 Å². The van der Waals surface area contributed by atoms with Gasteiger partial charge in [-0.3, -0.25) is 0 Å². The monoisotopic (exact) mass is 330 g/mol. The van der Waals surface area contributed by atoms with Crippen molar-refractivity contribution < 1.29 is 32.9 Å². The summed E-state index contributed by atoms with van der Waals surface area (Å²) in [5.74, 6) is -0.992. The average Bonchev–Trinajstić information content (AvgIpc) is 2.89. The van der Waals surface area contributed by atoms with Crippen molar-refractivity contribution in [3.8, 4) is 11.5 Å². The maximum Gasteiger partial charge on any atom is 0.243 e. The van der Waals surface area contributed by atoms with Gasteiger partial charge in [-0.25, -0.2) is 8.42 Å². The van der Waals surface area contributed by atoms with Gasteiger partial charge in [0, 0.05) is 12.6 Å². The smallest absolute Gasteiger partial charge is 0.243 e. The van der Waals surface area contributed by atoms with Crippen LogP contribution < -0.4 is 14.6 Å². The predicted molar refractivity (Wildman–Crippen MR) is 72.9 cm³/mol. The zero-order valence-corrected chi connectivity index (χ0v) is 12.9. The van der Waals surface area contributed by atoms with E-state index in [0.29, 0.717) is 5.75 Å². The molecule has 1 N–H and O–H groups in total. The topological polar surface area (TPSA) is 116 Å². The van der Waals surface area contributed by atoms with E-state index in [2.05, 4.69) is 0 Å². The molecule has 22 heavy (non-hydrogen) atoms. The van der Waals surface area contributed by atoms with Crippen molar-refractivity contribution in [2.24, 2.45) is 0 Å². The minimum absolute atomic E-state index is 0.148. The van der Waals surface area contributed by atoms with E-state index in [1.54, 1.807) is 0 Å². The molecule has 1 saturated heterocycles. The summed E-state index contributed by atoms with van der Waals surface area (Å²) in [7, 11) is -1.34. The molecule has 1 aromatic carbocycles. The van der Waals surface area contributed by atoms with Crippen LogP contribution in [0.3, 0.4) is 0 Å². The molecule has 1 aromatic rings. The summed E-state index contributed by atoms with van der Waals surface area (Å²) in [5, 5.41) is 20.7. The molecule has 8 nitrogen and oxygen atoms in total. The Morgan fingerprint density at radius 1 is 1.32 bits per heavy atom. The van der Waals surface area contributed by atoms with Crippen LogP contribution in [0.1, 0.15) is 6.42 Å². The molecule has 0 aromatic heterocycles. The number of hydrogen-bond donors (Lipinski definition) is 1. The number of benzene rings is 1. The van der Waals surface area contributed by atoms with Gasteiger partial charge in [-0.15, -0.1) is 0 Å². The van der Waals surface area contributed by atoms with Crippen molar-refractivity contribution in [2.45, 2.75) is 23.5 Å². The van der Waals surface area contributed by atoms with Crippen LogP contribution in [0.4, 0.5) is 0 Å². The SMILES string of the molecule is COc1ccc(S(=O)(=O)N2C[C@@H](O)C[C@@H]2C(=O)[O-])cc1OC. The lowest BCUT2D eigenvalue weighted by atomic mass is 10.2. The molecule has 0 unspecified atom stereocenters. The van der Waals surface area contributed by atoms with Gasteiger partial charge in [0.15, 0.2) is 11.5 Å². The number of hydrogen-bond acceptors (Lipinski definition) is 7. The lowest BCUT2D eigenvalue weighted by molar-refractivity contribution is -0.309. The van der Waals surface area contributed by atoms with Gasteiger partial charge in [-0.2, -0.15) is 4.31 Å². The van der Waals surface area contributed by atoms with Gasteiger partial charge in [0.1, 0.15) is 0 Å². The molecule has 0 amide bonds. The fourth-order valence-corrected chi connectivity index (χ4v) is 4.02. The Labute approximate surface area is 127 Å². The van der Waals surface area contributed by atoms with Gasteiger partial charge in [-0.05, 0) is 18.6 Å². The minimum Gasteiger partial charge on any atom is -0.548 e. The molecule has 0 spiro atoms. The number of sulfonamides is 1. The molecular formula is C13H16NO7S-. The van der Waals surface area contributed by atoms with E-state index < -0.39 is 28.1 Å². The quantitative estimate of drug-likeness (QED) is 0.704. The third kappa shape index (κ3) is 2.87.